The second-order valence-corrected chi connectivity index (χ2v) is 6.73. The van der Waals surface area contributed by atoms with Gasteiger partial charge in [0.2, 0.25) is 5.91 Å². The number of carbonyl (C=O) groups is 1. The summed E-state index contributed by atoms with van der Waals surface area (Å²) in [5, 5.41) is 3.29. The van der Waals surface area contributed by atoms with Gasteiger partial charge in [0.15, 0.2) is 0 Å². The number of ether oxygens (including phenoxy) is 1. The van der Waals surface area contributed by atoms with Crippen molar-refractivity contribution < 1.29 is 9.53 Å². The molecule has 0 radical (unpaired) electrons. The summed E-state index contributed by atoms with van der Waals surface area (Å²) in [6, 6.07) is 0. The minimum atomic E-state index is 0.157. The van der Waals surface area contributed by atoms with Crippen LogP contribution in [0.25, 0.3) is 0 Å². The first-order chi connectivity index (χ1) is 9.72. The smallest absolute Gasteiger partial charge is 0.225 e. The summed E-state index contributed by atoms with van der Waals surface area (Å²) >= 11 is 1.73. The van der Waals surface area contributed by atoms with E-state index in [1.807, 2.05) is 11.8 Å². The second kappa shape index (κ2) is 6.22. The summed E-state index contributed by atoms with van der Waals surface area (Å²) in [5.41, 5.74) is 1.09. The normalized spacial score (nSPS) is 26.9. The number of aromatic nitrogens is 1. The highest BCUT2D eigenvalue weighted by Gasteiger charge is 2.28. The van der Waals surface area contributed by atoms with Crippen LogP contribution in [0.5, 0.6) is 0 Å². The minimum absolute atomic E-state index is 0.157. The van der Waals surface area contributed by atoms with Crippen LogP contribution in [0.15, 0.2) is 5.38 Å². The fraction of sp³-hybridized carbons (Fsp3) is 0.733. The molecule has 1 aromatic rings. The molecule has 1 aromatic heterocycles. The average Bonchev–Trinajstić information content (AvgIpc) is 3.10. The molecule has 0 aliphatic carbocycles. The first-order valence-electron chi connectivity index (χ1n) is 7.54. The Kier molecular flexibility index (Phi) is 4.36. The number of aryl methyl sites for hydroxylation is 1. The Labute approximate surface area is 124 Å². The molecule has 1 amide bonds. The first-order valence-corrected chi connectivity index (χ1v) is 8.42. The Hall–Kier alpha value is -0.940. The lowest BCUT2D eigenvalue weighted by Crippen LogP contribution is -2.40. The van der Waals surface area contributed by atoms with Crippen molar-refractivity contribution in [2.45, 2.75) is 51.0 Å². The molecule has 4 nitrogen and oxygen atoms in total. The molecule has 20 heavy (non-hydrogen) atoms. The molecule has 2 fully saturated rings. The van der Waals surface area contributed by atoms with E-state index in [1.165, 1.54) is 5.01 Å². The summed E-state index contributed by atoms with van der Waals surface area (Å²) in [5.74, 6) is 0.686. The number of nitrogens with zero attached hydrogens (tertiary/aromatic N) is 2. The average molecular weight is 294 g/mol. The van der Waals surface area contributed by atoms with Crippen LogP contribution >= 0.6 is 11.3 Å². The lowest BCUT2D eigenvalue weighted by Gasteiger charge is -2.32. The molecule has 2 aliphatic rings. The van der Waals surface area contributed by atoms with Crippen molar-refractivity contribution in [1.82, 2.24) is 9.88 Å². The molecule has 2 atom stereocenters. The fourth-order valence-corrected chi connectivity index (χ4v) is 4.02. The third kappa shape index (κ3) is 3.20. The highest BCUT2D eigenvalue weighted by Crippen LogP contribution is 2.29. The molecule has 0 aromatic carbocycles. The van der Waals surface area contributed by atoms with Crippen LogP contribution in [0, 0.1) is 6.92 Å². The third-order valence-electron chi connectivity index (χ3n) is 4.19. The van der Waals surface area contributed by atoms with Gasteiger partial charge in [0.25, 0.3) is 0 Å². The number of carbonyl (C=O) groups excluding carboxylic acids is 1. The molecule has 3 heterocycles. The lowest BCUT2D eigenvalue weighted by atomic mass is 9.98. The quantitative estimate of drug-likeness (QED) is 0.861. The van der Waals surface area contributed by atoms with E-state index in [2.05, 4.69) is 10.4 Å². The van der Waals surface area contributed by atoms with Crippen LogP contribution in [0.4, 0.5) is 0 Å². The van der Waals surface area contributed by atoms with Crippen LogP contribution in [0.1, 0.15) is 48.7 Å². The van der Waals surface area contributed by atoms with Crippen molar-refractivity contribution >= 4 is 17.2 Å². The molecule has 0 N–H and O–H groups in total. The predicted octanol–water partition coefficient (Wildman–Crippen LogP) is 2.73. The molecule has 0 unspecified atom stereocenters. The van der Waals surface area contributed by atoms with E-state index in [-0.39, 0.29) is 12.0 Å². The van der Waals surface area contributed by atoms with E-state index < -0.39 is 0 Å². The summed E-state index contributed by atoms with van der Waals surface area (Å²) in [6.07, 6.45) is 5.08. The Morgan fingerprint density at radius 2 is 2.40 bits per heavy atom. The topological polar surface area (TPSA) is 42.4 Å². The Morgan fingerprint density at radius 1 is 1.50 bits per heavy atom. The Balaban J connectivity index is 1.58. The minimum Gasteiger partial charge on any atom is -0.378 e. The molecule has 2 aliphatic heterocycles. The Morgan fingerprint density at radius 3 is 3.10 bits per heavy atom. The van der Waals surface area contributed by atoms with Crippen molar-refractivity contribution in [3.63, 3.8) is 0 Å². The van der Waals surface area contributed by atoms with Crippen molar-refractivity contribution in [3.8, 4) is 0 Å². The van der Waals surface area contributed by atoms with E-state index in [0.29, 0.717) is 12.3 Å². The molecule has 5 heteroatoms. The summed E-state index contributed by atoms with van der Waals surface area (Å²) < 4.78 is 5.57. The maximum Gasteiger partial charge on any atom is 0.225 e. The van der Waals surface area contributed by atoms with Gasteiger partial charge >= 0.3 is 0 Å². The van der Waals surface area contributed by atoms with Gasteiger partial charge in [-0.1, -0.05) is 0 Å². The molecule has 3 rings (SSSR count). The fourth-order valence-electron chi connectivity index (χ4n) is 3.09. The van der Waals surface area contributed by atoms with Crippen LogP contribution in [0.3, 0.4) is 0 Å². The molecular formula is C15H22N2O2S. The van der Waals surface area contributed by atoms with Gasteiger partial charge < -0.3 is 9.64 Å². The lowest BCUT2D eigenvalue weighted by molar-refractivity contribution is -0.134. The van der Waals surface area contributed by atoms with Gasteiger partial charge in [-0.3, -0.25) is 4.79 Å². The maximum atomic E-state index is 12.4. The molecule has 110 valence electrons. The second-order valence-electron chi connectivity index (χ2n) is 5.85. The molecule has 0 bridgehead atoms. The number of amides is 1. The predicted molar refractivity (Wildman–Crippen MR) is 79.0 cm³/mol. The van der Waals surface area contributed by atoms with Gasteiger partial charge in [-0.05, 0) is 32.6 Å². The number of hydrogen-bond acceptors (Lipinski definition) is 4. The van der Waals surface area contributed by atoms with Gasteiger partial charge in [-0.2, -0.15) is 0 Å². The molecule has 0 saturated carbocycles. The highest BCUT2D eigenvalue weighted by atomic mass is 32.1. The van der Waals surface area contributed by atoms with E-state index in [0.717, 1.165) is 51.1 Å². The molecule has 0 spiro atoms. The molecular weight excluding hydrogens is 272 g/mol. The largest absolute Gasteiger partial charge is 0.378 e. The van der Waals surface area contributed by atoms with Crippen molar-refractivity contribution in [2.24, 2.45) is 0 Å². The van der Waals surface area contributed by atoms with E-state index in [9.17, 15) is 4.79 Å². The van der Waals surface area contributed by atoms with Gasteiger partial charge in [-0.15, -0.1) is 11.3 Å². The Bertz CT molecular complexity index is 468. The van der Waals surface area contributed by atoms with E-state index in [4.69, 9.17) is 4.74 Å². The van der Waals surface area contributed by atoms with Crippen molar-refractivity contribution in [1.29, 1.82) is 0 Å². The zero-order valence-corrected chi connectivity index (χ0v) is 12.8. The number of piperidine rings is 1. The molecule has 2 saturated heterocycles. The SMILES string of the molecule is Cc1csc([C@@H]2CCCN(C(=O)C[C@@H]3CCCO3)C2)n1. The van der Waals surface area contributed by atoms with Crippen molar-refractivity contribution in [2.75, 3.05) is 19.7 Å². The van der Waals surface area contributed by atoms with Gasteiger partial charge in [0.05, 0.1) is 17.5 Å². The number of rotatable bonds is 3. The van der Waals surface area contributed by atoms with Crippen LogP contribution in [-0.4, -0.2) is 41.6 Å². The van der Waals surface area contributed by atoms with Gasteiger partial charge in [0, 0.05) is 36.7 Å². The maximum absolute atomic E-state index is 12.4. The summed E-state index contributed by atoms with van der Waals surface area (Å²) in [4.78, 5) is 19.0. The standard InChI is InChI=1S/C15H22N2O2S/c1-11-10-20-15(16-11)12-4-2-6-17(9-12)14(18)8-13-5-3-7-19-13/h10,12-13H,2-9H2,1H3/t12-,13+/m1/s1. The zero-order chi connectivity index (χ0) is 13.9. The van der Waals surface area contributed by atoms with E-state index >= 15 is 0 Å². The number of hydrogen-bond donors (Lipinski definition) is 0. The number of likely N-dealkylation sites (tertiary alicyclic amines) is 1. The first kappa shape index (κ1) is 14.0. The highest BCUT2D eigenvalue weighted by molar-refractivity contribution is 7.09. The van der Waals surface area contributed by atoms with Crippen molar-refractivity contribution in [3.05, 3.63) is 16.1 Å². The zero-order valence-electron chi connectivity index (χ0n) is 12.0. The summed E-state index contributed by atoms with van der Waals surface area (Å²) in [7, 11) is 0. The van der Waals surface area contributed by atoms with Gasteiger partial charge in [-0.25, -0.2) is 4.98 Å². The van der Waals surface area contributed by atoms with Crippen LogP contribution in [-0.2, 0) is 9.53 Å². The summed E-state index contributed by atoms with van der Waals surface area (Å²) in [6.45, 7) is 4.58. The van der Waals surface area contributed by atoms with Crippen LogP contribution in [0.2, 0.25) is 0 Å². The third-order valence-corrected chi connectivity index (χ3v) is 5.31. The van der Waals surface area contributed by atoms with E-state index in [1.54, 1.807) is 11.3 Å². The number of thiazole rings is 1. The van der Waals surface area contributed by atoms with Crippen LogP contribution < -0.4 is 0 Å². The monoisotopic (exact) mass is 294 g/mol. The van der Waals surface area contributed by atoms with Gasteiger partial charge in [0.1, 0.15) is 0 Å².